The third-order valence-electron chi connectivity index (χ3n) is 6.69. The average Bonchev–Trinajstić information content (AvgIpc) is 3.43. The number of hydrogen-bond donors (Lipinski definition) is 1. The summed E-state index contributed by atoms with van der Waals surface area (Å²) in [6.45, 7) is -0.0786. The summed E-state index contributed by atoms with van der Waals surface area (Å²) in [5, 5.41) is 3.58. The van der Waals surface area contributed by atoms with Gasteiger partial charge in [0.05, 0.1) is 11.7 Å². The monoisotopic (exact) mass is 451 g/mol. The summed E-state index contributed by atoms with van der Waals surface area (Å²) in [4.78, 5) is 32.5. The Hall–Kier alpha value is -2.87. The van der Waals surface area contributed by atoms with Crippen LogP contribution in [0, 0.1) is 0 Å². The van der Waals surface area contributed by atoms with Gasteiger partial charge < -0.3 is 14.8 Å². The Morgan fingerprint density at radius 2 is 1.91 bits per heavy atom. The van der Waals surface area contributed by atoms with Crippen LogP contribution in [-0.4, -0.2) is 21.2 Å². The number of benzene rings is 1. The molecule has 0 bridgehead atoms. The minimum absolute atomic E-state index is 0.0786. The van der Waals surface area contributed by atoms with Gasteiger partial charge in [-0.1, -0.05) is 6.42 Å². The fraction of sp³-hybridized carbons (Fsp3) is 0.458. The van der Waals surface area contributed by atoms with Gasteiger partial charge in [-0.2, -0.15) is 0 Å². The zero-order valence-electron chi connectivity index (χ0n) is 17.8. The van der Waals surface area contributed by atoms with E-state index in [0.717, 1.165) is 61.8 Å². The second-order valence-electron chi connectivity index (χ2n) is 8.95. The lowest BCUT2D eigenvalue weighted by Gasteiger charge is -2.21. The van der Waals surface area contributed by atoms with E-state index >= 15 is 0 Å². The van der Waals surface area contributed by atoms with Gasteiger partial charge in [0.2, 0.25) is 5.91 Å². The number of aryl methyl sites for hydroxylation is 2. The maximum absolute atomic E-state index is 13.2. The maximum atomic E-state index is 13.2. The van der Waals surface area contributed by atoms with Gasteiger partial charge in [0, 0.05) is 29.5 Å². The number of anilines is 1. The molecule has 1 aromatic carbocycles. The van der Waals surface area contributed by atoms with Crippen molar-refractivity contribution in [2.75, 3.05) is 5.32 Å². The molecular formula is C24H25N3O4S. The summed E-state index contributed by atoms with van der Waals surface area (Å²) in [5.74, 6) is 0.571. The van der Waals surface area contributed by atoms with Gasteiger partial charge in [0.25, 0.3) is 11.3 Å². The number of rotatable bonds is 3. The van der Waals surface area contributed by atoms with E-state index in [1.807, 2.05) is 6.07 Å². The number of aromatic nitrogens is 2. The van der Waals surface area contributed by atoms with Crippen molar-refractivity contribution in [1.29, 1.82) is 0 Å². The van der Waals surface area contributed by atoms with E-state index < -0.39 is 5.79 Å². The van der Waals surface area contributed by atoms with Crippen molar-refractivity contribution < 1.29 is 14.3 Å². The van der Waals surface area contributed by atoms with Crippen molar-refractivity contribution >= 4 is 33.1 Å². The van der Waals surface area contributed by atoms with E-state index in [1.54, 1.807) is 23.5 Å². The van der Waals surface area contributed by atoms with Crippen LogP contribution in [0.5, 0.6) is 11.5 Å². The number of carbonyl (C=O) groups excluding carboxylic acids is 1. The first-order valence-electron chi connectivity index (χ1n) is 11.4. The molecule has 1 amide bonds. The molecule has 0 radical (unpaired) electrons. The number of nitrogens with one attached hydrogen (secondary N) is 1. The molecule has 1 N–H and O–H groups in total. The minimum atomic E-state index is -0.530. The Bertz CT molecular complexity index is 1270. The zero-order chi connectivity index (χ0) is 21.7. The van der Waals surface area contributed by atoms with Gasteiger partial charge >= 0.3 is 0 Å². The third kappa shape index (κ3) is 3.37. The quantitative estimate of drug-likeness (QED) is 0.597. The highest BCUT2D eigenvalue weighted by molar-refractivity contribution is 7.18. The molecule has 1 saturated carbocycles. The van der Waals surface area contributed by atoms with E-state index in [9.17, 15) is 9.59 Å². The topological polar surface area (TPSA) is 82.5 Å². The molecule has 166 valence electrons. The number of ether oxygens (including phenoxy) is 2. The third-order valence-corrected chi connectivity index (χ3v) is 7.89. The van der Waals surface area contributed by atoms with Crippen molar-refractivity contribution in [1.82, 2.24) is 9.55 Å². The van der Waals surface area contributed by atoms with Crippen LogP contribution in [0.3, 0.4) is 0 Å². The highest BCUT2D eigenvalue weighted by atomic mass is 32.1. The van der Waals surface area contributed by atoms with Crippen LogP contribution < -0.4 is 20.3 Å². The smallest absolute Gasteiger partial charge is 0.262 e. The Morgan fingerprint density at radius 1 is 1.09 bits per heavy atom. The second-order valence-corrected chi connectivity index (χ2v) is 10.0. The molecule has 2 aromatic heterocycles. The number of fused-ring (bicyclic) bond motifs is 4. The largest absolute Gasteiger partial charge is 0.448 e. The van der Waals surface area contributed by atoms with E-state index in [0.29, 0.717) is 22.6 Å². The van der Waals surface area contributed by atoms with E-state index in [4.69, 9.17) is 9.47 Å². The zero-order valence-corrected chi connectivity index (χ0v) is 18.6. The molecule has 3 aliphatic rings. The molecule has 7 nitrogen and oxygen atoms in total. The van der Waals surface area contributed by atoms with Gasteiger partial charge in [0.1, 0.15) is 11.4 Å². The lowest BCUT2D eigenvalue weighted by atomic mass is 10.1. The van der Waals surface area contributed by atoms with Crippen LogP contribution in [0.1, 0.15) is 55.4 Å². The number of nitrogens with zero attached hydrogens (tertiary/aromatic N) is 2. The van der Waals surface area contributed by atoms with Crippen molar-refractivity contribution in [2.24, 2.45) is 0 Å². The molecule has 1 fully saturated rings. The van der Waals surface area contributed by atoms with E-state index in [-0.39, 0.29) is 18.0 Å². The molecule has 1 aliphatic heterocycles. The predicted molar refractivity (Wildman–Crippen MR) is 123 cm³/mol. The first kappa shape index (κ1) is 19.8. The van der Waals surface area contributed by atoms with Crippen LogP contribution in [0.15, 0.2) is 29.3 Å². The Balaban J connectivity index is 1.21. The lowest BCUT2D eigenvalue weighted by Crippen LogP contribution is -2.34. The molecule has 32 heavy (non-hydrogen) atoms. The fourth-order valence-corrected chi connectivity index (χ4v) is 6.33. The highest BCUT2D eigenvalue weighted by Crippen LogP contribution is 2.47. The molecule has 6 rings (SSSR count). The summed E-state index contributed by atoms with van der Waals surface area (Å²) in [5.41, 5.74) is 1.64. The normalized spacial score (nSPS) is 18.6. The molecule has 8 heteroatoms. The van der Waals surface area contributed by atoms with Crippen molar-refractivity contribution in [3.63, 3.8) is 0 Å². The van der Waals surface area contributed by atoms with Gasteiger partial charge in [-0.25, -0.2) is 4.98 Å². The number of carbonyl (C=O) groups is 1. The molecular weight excluding hydrogens is 426 g/mol. The van der Waals surface area contributed by atoms with Gasteiger partial charge in [-0.05, 0) is 56.2 Å². The molecule has 0 unspecified atom stereocenters. The van der Waals surface area contributed by atoms with Crippen LogP contribution in [0.2, 0.25) is 0 Å². The summed E-state index contributed by atoms with van der Waals surface area (Å²) >= 11 is 1.63. The van der Waals surface area contributed by atoms with Gasteiger partial charge in [0.15, 0.2) is 11.5 Å². The Kier molecular flexibility index (Phi) is 4.71. The first-order chi connectivity index (χ1) is 15.6. The second kappa shape index (κ2) is 7.62. The minimum Gasteiger partial charge on any atom is -0.448 e. The molecule has 0 saturated heterocycles. The molecule has 0 atom stereocenters. The maximum Gasteiger partial charge on any atom is 0.262 e. The van der Waals surface area contributed by atoms with Crippen molar-refractivity contribution in [2.45, 2.75) is 70.1 Å². The summed E-state index contributed by atoms with van der Waals surface area (Å²) in [6, 6.07) is 5.43. The molecule has 3 heterocycles. The van der Waals surface area contributed by atoms with Gasteiger partial charge in [-0.15, -0.1) is 11.3 Å². The van der Waals surface area contributed by atoms with Crippen molar-refractivity contribution in [3.8, 4) is 11.5 Å². The van der Waals surface area contributed by atoms with Crippen LogP contribution in [0.4, 0.5) is 5.69 Å². The Labute approximate surface area is 189 Å². The van der Waals surface area contributed by atoms with Crippen LogP contribution in [-0.2, 0) is 24.2 Å². The molecule has 2 aliphatic carbocycles. The highest BCUT2D eigenvalue weighted by Gasteiger charge is 2.44. The standard InChI is InChI=1S/C24H25N3O4S/c28-20(26-15-8-9-17-18(12-15)31-24(30-17)10-4-5-11-24)13-27-14-25-22-21(23(27)29)16-6-2-1-3-7-19(16)32-22/h8-9,12,14H,1-7,10-11,13H2,(H,26,28). The summed E-state index contributed by atoms with van der Waals surface area (Å²) in [6.07, 6.45) is 10.8. The predicted octanol–water partition coefficient (Wildman–Crippen LogP) is 4.41. The summed E-state index contributed by atoms with van der Waals surface area (Å²) < 4.78 is 13.5. The van der Waals surface area contributed by atoms with Crippen LogP contribution >= 0.6 is 11.3 Å². The Morgan fingerprint density at radius 3 is 2.78 bits per heavy atom. The average molecular weight is 452 g/mol. The van der Waals surface area contributed by atoms with E-state index in [2.05, 4.69) is 10.3 Å². The van der Waals surface area contributed by atoms with Crippen molar-refractivity contribution in [3.05, 3.63) is 45.3 Å². The lowest BCUT2D eigenvalue weighted by molar-refractivity contribution is -0.116. The van der Waals surface area contributed by atoms with Gasteiger partial charge in [-0.3, -0.25) is 14.2 Å². The SMILES string of the molecule is O=C(Cn1cnc2sc3c(c2c1=O)CCCCC3)Nc1ccc2c(c1)OC1(CCCC1)O2. The number of thiophene rings is 1. The first-order valence-corrected chi connectivity index (χ1v) is 12.2. The summed E-state index contributed by atoms with van der Waals surface area (Å²) in [7, 11) is 0. The number of amides is 1. The molecule has 3 aromatic rings. The molecule has 1 spiro atoms. The van der Waals surface area contributed by atoms with Crippen LogP contribution in [0.25, 0.3) is 10.2 Å². The van der Waals surface area contributed by atoms with E-state index in [1.165, 1.54) is 22.2 Å². The number of hydrogen-bond acceptors (Lipinski definition) is 6. The fourth-order valence-electron chi connectivity index (χ4n) is 5.12.